The molecule has 33 heavy (non-hydrogen) atoms. The van der Waals surface area contributed by atoms with Crippen LogP contribution in [0.3, 0.4) is 0 Å². The van der Waals surface area contributed by atoms with Gasteiger partial charge in [-0.25, -0.2) is 9.78 Å². The number of hydrogen-bond donors (Lipinski definition) is 1. The molecule has 0 saturated carbocycles. The maximum atomic E-state index is 12.4. The third-order valence-electron chi connectivity index (χ3n) is 6.31. The van der Waals surface area contributed by atoms with Crippen LogP contribution in [0, 0.1) is 0 Å². The lowest BCUT2D eigenvalue weighted by molar-refractivity contribution is -0.117. The van der Waals surface area contributed by atoms with Crippen LogP contribution in [-0.2, 0) is 16.1 Å². The van der Waals surface area contributed by atoms with E-state index in [4.69, 9.17) is 9.72 Å². The molecule has 7 nitrogen and oxygen atoms in total. The van der Waals surface area contributed by atoms with Crippen LogP contribution in [0.25, 0.3) is 11.3 Å². The average Bonchev–Trinajstić information content (AvgIpc) is 3.22. The smallest absolute Gasteiger partial charge is 0.407 e. The Morgan fingerprint density at radius 1 is 1.24 bits per heavy atom. The van der Waals surface area contributed by atoms with Crippen molar-refractivity contribution in [1.82, 2.24) is 15.2 Å². The van der Waals surface area contributed by atoms with Crippen molar-refractivity contribution in [3.05, 3.63) is 34.2 Å². The van der Waals surface area contributed by atoms with Gasteiger partial charge < -0.3 is 15.0 Å². The fraction of sp³-hybridized carbons (Fsp3) is 0.560. The zero-order valence-corrected chi connectivity index (χ0v) is 20.8. The maximum Gasteiger partial charge on any atom is 0.407 e. The molecule has 4 rings (SSSR count). The molecule has 2 amide bonds. The molecule has 2 aromatic rings. The minimum absolute atomic E-state index is 0.00261. The molecule has 0 bridgehead atoms. The summed E-state index contributed by atoms with van der Waals surface area (Å²) < 4.78 is 5.32. The third kappa shape index (κ3) is 5.55. The number of aromatic nitrogens is 1. The Balaban J connectivity index is 1.61. The van der Waals surface area contributed by atoms with Gasteiger partial charge in [-0.3, -0.25) is 9.69 Å². The van der Waals surface area contributed by atoms with Crippen LogP contribution in [0.5, 0.6) is 0 Å². The number of benzene rings is 1. The van der Waals surface area contributed by atoms with E-state index in [1.165, 1.54) is 19.3 Å². The average molecular weight is 471 g/mol. The molecular weight excluding hydrogens is 436 g/mol. The van der Waals surface area contributed by atoms with Crippen molar-refractivity contribution in [2.45, 2.75) is 78.1 Å². The van der Waals surface area contributed by atoms with E-state index in [1.807, 2.05) is 37.8 Å². The molecule has 1 fully saturated rings. The van der Waals surface area contributed by atoms with E-state index in [-0.39, 0.29) is 24.1 Å². The molecule has 3 heterocycles. The van der Waals surface area contributed by atoms with Crippen molar-refractivity contribution < 1.29 is 14.3 Å². The van der Waals surface area contributed by atoms with Gasteiger partial charge in [-0.15, -0.1) is 11.3 Å². The number of thiazole rings is 1. The zero-order valence-electron chi connectivity index (χ0n) is 20.0. The summed E-state index contributed by atoms with van der Waals surface area (Å²) in [5, 5.41) is 6.24. The molecule has 2 aliphatic rings. The standard InChI is InChI=1S/C25H34N4O3S/c1-16(2)32-25(31)27-21-12-17(3)29(18(4)30)23-9-8-19(13-20(21)23)22-15-33-24(26-22)14-28-10-6-5-7-11-28/h8-9,13,15-17,21H,5-7,10-12,14H2,1-4H3,(H,27,31)/t17-,21+/m0/s1. The van der Waals surface area contributed by atoms with Gasteiger partial charge in [0.2, 0.25) is 5.91 Å². The summed E-state index contributed by atoms with van der Waals surface area (Å²) in [6.45, 7) is 10.4. The van der Waals surface area contributed by atoms with Crippen molar-refractivity contribution in [2.75, 3.05) is 18.0 Å². The number of fused-ring (bicyclic) bond motifs is 1. The second kappa shape index (κ2) is 10.2. The SMILES string of the molecule is CC(=O)N1c2ccc(-c3csc(CN4CCCCC4)n3)cc2[C@H](NC(=O)OC(C)C)C[C@@H]1C. The topological polar surface area (TPSA) is 74.8 Å². The molecule has 1 saturated heterocycles. The first-order valence-corrected chi connectivity index (χ1v) is 12.8. The maximum absolute atomic E-state index is 12.4. The number of carbonyl (C=O) groups is 2. The monoisotopic (exact) mass is 470 g/mol. The largest absolute Gasteiger partial charge is 0.447 e. The number of carbonyl (C=O) groups excluding carboxylic acids is 2. The van der Waals surface area contributed by atoms with Crippen molar-refractivity contribution in [3.63, 3.8) is 0 Å². The summed E-state index contributed by atoms with van der Waals surface area (Å²) >= 11 is 1.69. The molecule has 178 valence electrons. The van der Waals surface area contributed by atoms with E-state index in [9.17, 15) is 9.59 Å². The number of piperidine rings is 1. The van der Waals surface area contributed by atoms with Gasteiger partial charge in [0.1, 0.15) is 5.01 Å². The summed E-state index contributed by atoms with van der Waals surface area (Å²) in [7, 11) is 0. The highest BCUT2D eigenvalue weighted by molar-refractivity contribution is 7.09. The number of alkyl carbamates (subject to hydrolysis) is 1. The molecule has 0 unspecified atom stereocenters. The van der Waals surface area contributed by atoms with E-state index in [0.717, 1.165) is 47.2 Å². The van der Waals surface area contributed by atoms with Crippen molar-refractivity contribution in [2.24, 2.45) is 0 Å². The number of ether oxygens (including phenoxy) is 1. The van der Waals surface area contributed by atoms with Crippen LogP contribution in [0.4, 0.5) is 10.5 Å². The fourth-order valence-electron chi connectivity index (χ4n) is 4.86. The van der Waals surface area contributed by atoms with Gasteiger partial charge in [0.05, 0.1) is 24.4 Å². The summed E-state index contributed by atoms with van der Waals surface area (Å²) in [5.41, 5.74) is 3.69. The first-order chi connectivity index (χ1) is 15.8. The van der Waals surface area contributed by atoms with Crippen LogP contribution >= 0.6 is 11.3 Å². The fourth-order valence-corrected chi connectivity index (χ4v) is 5.70. The Morgan fingerprint density at radius 3 is 2.70 bits per heavy atom. The van der Waals surface area contributed by atoms with Gasteiger partial charge in [0.25, 0.3) is 0 Å². The second-order valence-electron chi connectivity index (χ2n) is 9.36. The van der Waals surface area contributed by atoms with Crippen LogP contribution in [-0.4, -0.2) is 47.1 Å². The number of rotatable bonds is 5. The molecule has 2 atom stereocenters. The summed E-state index contributed by atoms with van der Waals surface area (Å²) in [5.74, 6) is -0.00261. The Labute approximate surface area is 200 Å². The zero-order chi connectivity index (χ0) is 23.5. The van der Waals surface area contributed by atoms with Crippen molar-refractivity contribution in [3.8, 4) is 11.3 Å². The molecule has 0 radical (unpaired) electrons. The number of nitrogens with one attached hydrogen (secondary N) is 1. The number of anilines is 1. The normalized spacial score (nSPS) is 21.1. The molecular formula is C25H34N4O3S. The van der Waals surface area contributed by atoms with E-state index in [0.29, 0.717) is 6.42 Å². The van der Waals surface area contributed by atoms with E-state index in [2.05, 4.69) is 21.7 Å². The number of likely N-dealkylation sites (tertiary alicyclic amines) is 1. The third-order valence-corrected chi connectivity index (χ3v) is 7.14. The first kappa shape index (κ1) is 23.7. The van der Waals surface area contributed by atoms with E-state index < -0.39 is 6.09 Å². The number of nitrogens with zero attached hydrogens (tertiary/aromatic N) is 3. The van der Waals surface area contributed by atoms with Gasteiger partial charge in [-0.2, -0.15) is 0 Å². The Hall–Kier alpha value is -2.45. The molecule has 8 heteroatoms. The van der Waals surface area contributed by atoms with Gasteiger partial charge in [-0.05, 0) is 70.8 Å². The van der Waals surface area contributed by atoms with Crippen molar-refractivity contribution >= 4 is 29.0 Å². The lowest BCUT2D eigenvalue weighted by Crippen LogP contribution is -2.45. The highest BCUT2D eigenvalue weighted by Gasteiger charge is 2.34. The van der Waals surface area contributed by atoms with Crippen molar-refractivity contribution in [1.29, 1.82) is 0 Å². The lowest BCUT2D eigenvalue weighted by Gasteiger charge is -2.39. The van der Waals surface area contributed by atoms with Gasteiger partial charge in [0.15, 0.2) is 0 Å². The lowest BCUT2D eigenvalue weighted by atomic mass is 9.90. The Kier molecular flexibility index (Phi) is 7.34. The molecule has 0 aliphatic carbocycles. The van der Waals surface area contributed by atoms with E-state index in [1.54, 1.807) is 18.3 Å². The molecule has 0 spiro atoms. The summed E-state index contributed by atoms with van der Waals surface area (Å²) in [6.07, 6.45) is 3.85. The van der Waals surface area contributed by atoms with Crippen LogP contribution in [0.2, 0.25) is 0 Å². The second-order valence-corrected chi connectivity index (χ2v) is 10.3. The summed E-state index contributed by atoms with van der Waals surface area (Å²) in [6, 6.07) is 5.81. The van der Waals surface area contributed by atoms with Crippen LogP contribution in [0.15, 0.2) is 23.6 Å². The number of amides is 2. The van der Waals surface area contributed by atoms with Crippen LogP contribution in [0.1, 0.15) is 70.0 Å². The molecule has 1 N–H and O–H groups in total. The molecule has 1 aromatic heterocycles. The predicted molar refractivity (Wildman–Crippen MR) is 131 cm³/mol. The Bertz CT molecular complexity index is 999. The van der Waals surface area contributed by atoms with Gasteiger partial charge in [-0.1, -0.05) is 12.5 Å². The quantitative estimate of drug-likeness (QED) is 0.657. The highest BCUT2D eigenvalue weighted by Crippen LogP contribution is 2.40. The van der Waals surface area contributed by atoms with Crippen LogP contribution < -0.4 is 10.2 Å². The van der Waals surface area contributed by atoms with Gasteiger partial charge >= 0.3 is 6.09 Å². The highest BCUT2D eigenvalue weighted by atomic mass is 32.1. The molecule has 1 aromatic carbocycles. The van der Waals surface area contributed by atoms with E-state index >= 15 is 0 Å². The molecule has 2 aliphatic heterocycles. The summed E-state index contributed by atoms with van der Waals surface area (Å²) in [4.78, 5) is 34.0. The first-order valence-electron chi connectivity index (χ1n) is 11.9. The minimum Gasteiger partial charge on any atom is -0.447 e. The minimum atomic E-state index is -0.438. The Morgan fingerprint density at radius 2 is 2.00 bits per heavy atom. The number of hydrogen-bond acceptors (Lipinski definition) is 6. The predicted octanol–water partition coefficient (Wildman–Crippen LogP) is 5.12. The van der Waals surface area contributed by atoms with Gasteiger partial charge in [0, 0.05) is 29.6 Å².